The lowest BCUT2D eigenvalue weighted by molar-refractivity contribution is -0.138. The zero-order valence-electron chi connectivity index (χ0n) is 10.4. The summed E-state index contributed by atoms with van der Waals surface area (Å²) in [5.41, 5.74) is 0. The van der Waals surface area contributed by atoms with Crippen LogP contribution in [0.15, 0.2) is 0 Å². The molecule has 0 aromatic rings. The Labute approximate surface area is 102 Å². The smallest absolute Gasteiger partial charge is 0.246 e. The summed E-state index contributed by atoms with van der Waals surface area (Å²) in [5, 5.41) is 6.62. The van der Waals surface area contributed by atoms with E-state index in [0.29, 0.717) is 19.0 Å². The van der Waals surface area contributed by atoms with Crippen molar-refractivity contribution in [3.8, 4) is 0 Å². The maximum atomic E-state index is 12.0. The first kappa shape index (κ1) is 12.5. The number of rotatable bonds is 4. The molecule has 2 rings (SSSR count). The van der Waals surface area contributed by atoms with Crippen molar-refractivity contribution < 1.29 is 9.59 Å². The number of carbonyl (C=O) groups is 2. The molecule has 17 heavy (non-hydrogen) atoms. The van der Waals surface area contributed by atoms with E-state index in [1.54, 1.807) is 0 Å². The number of hydrogen-bond donors (Lipinski definition) is 2. The number of likely N-dealkylation sites (tertiary alicyclic amines) is 1. The Morgan fingerprint density at radius 1 is 1.35 bits per heavy atom. The fourth-order valence-electron chi connectivity index (χ4n) is 2.54. The van der Waals surface area contributed by atoms with E-state index in [1.165, 1.54) is 4.90 Å². The Balaban J connectivity index is 1.89. The molecule has 2 aliphatic rings. The molecule has 1 atom stereocenters. The first-order chi connectivity index (χ1) is 8.22. The van der Waals surface area contributed by atoms with E-state index in [2.05, 4.69) is 10.6 Å². The van der Waals surface area contributed by atoms with Crippen molar-refractivity contribution >= 4 is 11.8 Å². The SMILES string of the molecule is CCCN1C(=O)CC(NC2CCNCC2)C1=O. The molecule has 5 heteroatoms. The summed E-state index contributed by atoms with van der Waals surface area (Å²) >= 11 is 0. The van der Waals surface area contributed by atoms with Gasteiger partial charge in [0.05, 0.1) is 12.5 Å². The Bertz CT molecular complexity index is 300. The second-order valence-corrected chi connectivity index (χ2v) is 4.83. The van der Waals surface area contributed by atoms with Gasteiger partial charge in [0, 0.05) is 12.6 Å². The highest BCUT2D eigenvalue weighted by Gasteiger charge is 2.38. The molecule has 96 valence electrons. The fraction of sp³-hybridized carbons (Fsp3) is 0.833. The number of nitrogens with zero attached hydrogens (tertiary/aromatic N) is 1. The zero-order valence-corrected chi connectivity index (χ0v) is 10.4. The third-order valence-electron chi connectivity index (χ3n) is 3.47. The molecule has 2 saturated heterocycles. The highest BCUT2D eigenvalue weighted by atomic mass is 16.2. The van der Waals surface area contributed by atoms with Gasteiger partial charge in [0.25, 0.3) is 0 Å². The summed E-state index contributed by atoms with van der Waals surface area (Å²) in [6.07, 6.45) is 3.23. The van der Waals surface area contributed by atoms with Crippen molar-refractivity contribution in [3.05, 3.63) is 0 Å². The molecular weight excluding hydrogens is 218 g/mol. The van der Waals surface area contributed by atoms with Crippen LogP contribution in [0.2, 0.25) is 0 Å². The maximum absolute atomic E-state index is 12.0. The third-order valence-corrected chi connectivity index (χ3v) is 3.47. The molecule has 0 spiro atoms. The van der Waals surface area contributed by atoms with Gasteiger partial charge in [-0.25, -0.2) is 0 Å². The van der Waals surface area contributed by atoms with Gasteiger partial charge in [0.15, 0.2) is 0 Å². The number of imide groups is 1. The standard InChI is InChI=1S/C12H21N3O2/c1-2-7-15-11(16)8-10(12(15)17)14-9-3-5-13-6-4-9/h9-10,13-14H,2-8H2,1H3. The topological polar surface area (TPSA) is 61.4 Å². The predicted molar refractivity (Wildman–Crippen MR) is 64.4 cm³/mol. The van der Waals surface area contributed by atoms with Crippen molar-refractivity contribution in [2.45, 2.75) is 44.7 Å². The van der Waals surface area contributed by atoms with Gasteiger partial charge in [-0.05, 0) is 32.4 Å². The molecule has 2 fully saturated rings. The molecule has 0 bridgehead atoms. The maximum Gasteiger partial charge on any atom is 0.246 e. The van der Waals surface area contributed by atoms with E-state index < -0.39 is 0 Å². The first-order valence-corrected chi connectivity index (χ1v) is 6.53. The van der Waals surface area contributed by atoms with Crippen LogP contribution in [0.4, 0.5) is 0 Å². The predicted octanol–water partition coefficient (Wildman–Crippen LogP) is -0.134. The van der Waals surface area contributed by atoms with Crippen molar-refractivity contribution in [2.24, 2.45) is 0 Å². The van der Waals surface area contributed by atoms with Crippen molar-refractivity contribution in [2.75, 3.05) is 19.6 Å². The molecule has 5 nitrogen and oxygen atoms in total. The van der Waals surface area contributed by atoms with Crippen LogP contribution in [0.25, 0.3) is 0 Å². The molecule has 2 amide bonds. The zero-order chi connectivity index (χ0) is 12.3. The molecule has 0 aromatic carbocycles. The number of amides is 2. The molecule has 0 saturated carbocycles. The van der Waals surface area contributed by atoms with Gasteiger partial charge in [0.2, 0.25) is 11.8 Å². The van der Waals surface area contributed by atoms with Crippen LogP contribution in [0.1, 0.15) is 32.6 Å². The van der Waals surface area contributed by atoms with Gasteiger partial charge in [0.1, 0.15) is 0 Å². The highest BCUT2D eigenvalue weighted by Crippen LogP contribution is 2.15. The molecule has 2 N–H and O–H groups in total. The lowest BCUT2D eigenvalue weighted by Crippen LogP contribution is -2.47. The van der Waals surface area contributed by atoms with E-state index in [9.17, 15) is 9.59 Å². The molecule has 0 aliphatic carbocycles. The van der Waals surface area contributed by atoms with Crippen molar-refractivity contribution in [1.82, 2.24) is 15.5 Å². The lowest BCUT2D eigenvalue weighted by atomic mass is 10.1. The van der Waals surface area contributed by atoms with E-state index in [4.69, 9.17) is 0 Å². The summed E-state index contributed by atoms with van der Waals surface area (Å²) in [5.74, 6) is -0.0568. The van der Waals surface area contributed by atoms with Gasteiger partial charge in [-0.2, -0.15) is 0 Å². The summed E-state index contributed by atoms with van der Waals surface area (Å²) < 4.78 is 0. The van der Waals surface area contributed by atoms with Crippen LogP contribution in [-0.2, 0) is 9.59 Å². The van der Waals surface area contributed by atoms with Gasteiger partial charge < -0.3 is 10.6 Å². The van der Waals surface area contributed by atoms with Crippen LogP contribution in [0.5, 0.6) is 0 Å². The monoisotopic (exact) mass is 239 g/mol. The molecule has 1 unspecified atom stereocenters. The molecule has 0 aromatic heterocycles. The van der Waals surface area contributed by atoms with Crippen LogP contribution in [-0.4, -0.2) is 48.4 Å². The summed E-state index contributed by atoms with van der Waals surface area (Å²) in [7, 11) is 0. The second-order valence-electron chi connectivity index (χ2n) is 4.83. The number of carbonyl (C=O) groups excluding carboxylic acids is 2. The van der Waals surface area contributed by atoms with Gasteiger partial charge in [-0.1, -0.05) is 6.92 Å². The first-order valence-electron chi connectivity index (χ1n) is 6.53. The van der Waals surface area contributed by atoms with E-state index in [-0.39, 0.29) is 17.9 Å². The highest BCUT2D eigenvalue weighted by molar-refractivity contribution is 6.05. The number of hydrogen-bond acceptors (Lipinski definition) is 4. The summed E-state index contributed by atoms with van der Waals surface area (Å²) in [6, 6.07) is 0.0942. The van der Waals surface area contributed by atoms with Gasteiger partial charge in [-0.15, -0.1) is 0 Å². The number of piperidine rings is 1. The Kier molecular flexibility index (Phi) is 4.12. The molecule has 2 aliphatic heterocycles. The van der Waals surface area contributed by atoms with Crippen LogP contribution >= 0.6 is 0 Å². The van der Waals surface area contributed by atoms with E-state index >= 15 is 0 Å². The van der Waals surface area contributed by atoms with Crippen LogP contribution in [0, 0.1) is 0 Å². The van der Waals surface area contributed by atoms with Crippen LogP contribution in [0.3, 0.4) is 0 Å². The third kappa shape index (κ3) is 2.84. The Morgan fingerprint density at radius 2 is 2.06 bits per heavy atom. The average molecular weight is 239 g/mol. The minimum Gasteiger partial charge on any atom is -0.317 e. The molecule has 0 radical (unpaired) electrons. The summed E-state index contributed by atoms with van der Waals surface area (Å²) in [6.45, 7) is 4.52. The van der Waals surface area contributed by atoms with Gasteiger partial charge in [-0.3, -0.25) is 14.5 Å². The normalized spacial score (nSPS) is 26.9. The Morgan fingerprint density at radius 3 is 2.71 bits per heavy atom. The van der Waals surface area contributed by atoms with E-state index in [0.717, 1.165) is 32.4 Å². The quantitative estimate of drug-likeness (QED) is 0.671. The fourth-order valence-corrected chi connectivity index (χ4v) is 2.54. The Hall–Kier alpha value is -0.940. The molecule has 2 heterocycles. The lowest BCUT2D eigenvalue weighted by Gasteiger charge is -2.26. The van der Waals surface area contributed by atoms with E-state index in [1.807, 2.05) is 6.92 Å². The van der Waals surface area contributed by atoms with Gasteiger partial charge >= 0.3 is 0 Å². The van der Waals surface area contributed by atoms with Crippen LogP contribution < -0.4 is 10.6 Å². The minimum absolute atomic E-state index is 0.0247. The van der Waals surface area contributed by atoms with Crippen molar-refractivity contribution in [1.29, 1.82) is 0 Å². The average Bonchev–Trinajstić information content (AvgIpc) is 2.59. The summed E-state index contributed by atoms with van der Waals surface area (Å²) in [4.78, 5) is 25.1. The largest absolute Gasteiger partial charge is 0.317 e. The second kappa shape index (κ2) is 5.60. The number of nitrogens with one attached hydrogen (secondary N) is 2. The molecular formula is C12H21N3O2. The minimum atomic E-state index is -0.280. The van der Waals surface area contributed by atoms with Crippen molar-refractivity contribution in [3.63, 3.8) is 0 Å².